The minimum atomic E-state index is -3.05. The van der Waals surface area contributed by atoms with Crippen LogP contribution in [0.1, 0.15) is 13.3 Å². The molecule has 1 aliphatic rings. The number of aromatic nitrogens is 2. The molecule has 0 aliphatic carbocycles. The van der Waals surface area contributed by atoms with E-state index in [1.54, 1.807) is 13.1 Å². The molecule has 1 N–H and O–H groups in total. The van der Waals surface area contributed by atoms with Crippen molar-refractivity contribution in [3.05, 3.63) is 65.8 Å². The summed E-state index contributed by atoms with van der Waals surface area (Å²) in [4.78, 5) is 17.3. The zero-order valence-electron chi connectivity index (χ0n) is 16.9. The van der Waals surface area contributed by atoms with E-state index < -0.39 is 15.1 Å². The highest BCUT2D eigenvalue weighted by atomic mass is 35.5. The number of imidazole rings is 1. The monoisotopic (exact) mass is 475 g/mol. The Bertz CT molecular complexity index is 1200. The molecule has 31 heavy (non-hydrogen) atoms. The number of nitrogens with zero attached hydrogens (tertiary/aromatic N) is 2. The normalized spacial score (nSPS) is 18.6. The van der Waals surface area contributed by atoms with E-state index in [0.717, 1.165) is 16.9 Å². The summed E-state index contributed by atoms with van der Waals surface area (Å²) in [6.45, 7) is 1.79. The molecule has 0 radical (unpaired) electrons. The molecule has 1 aliphatic heterocycles. The van der Waals surface area contributed by atoms with Crippen molar-refractivity contribution in [1.29, 1.82) is 0 Å². The third kappa shape index (κ3) is 4.97. The smallest absolute Gasteiger partial charge is 0.233 e. The van der Waals surface area contributed by atoms with Gasteiger partial charge in [0.15, 0.2) is 15.0 Å². The molecule has 2 unspecified atom stereocenters. The lowest BCUT2D eigenvalue weighted by Crippen LogP contribution is -2.40. The number of benzene rings is 2. The number of carbonyl (C=O) groups is 1. The predicted octanol–water partition coefficient (Wildman–Crippen LogP) is 3.98. The SMILES string of the molecule is CC(Sc1ncc(-c2ccccc2)n1-c1ccccc1Cl)C(=O)NC1CCS(=O)(=O)C1. The van der Waals surface area contributed by atoms with Gasteiger partial charge in [0.25, 0.3) is 0 Å². The Kier molecular flexibility index (Phi) is 6.41. The van der Waals surface area contributed by atoms with Crippen molar-refractivity contribution in [2.75, 3.05) is 11.5 Å². The van der Waals surface area contributed by atoms with E-state index in [0.29, 0.717) is 16.6 Å². The van der Waals surface area contributed by atoms with Crippen molar-refractivity contribution >= 4 is 39.1 Å². The summed E-state index contributed by atoms with van der Waals surface area (Å²) < 4.78 is 25.3. The van der Waals surface area contributed by atoms with Crippen LogP contribution in [0.15, 0.2) is 66.0 Å². The summed E-state index contributed by atoms with van der Waals surface area (Å²) in [5.41, 5.74) is 2.62. The van der Waals surface area contributed by atoms with Crippen LogP contribution < -0.4 is 5.32 Å². The Hall–Kier alpha value is -2.29. The summed E-state index contributed by atoms with van der Waals surface area (Å²) in [6.07, 6.45) is 2.23. The molecule has 0 spiro atoms. The molecule has 1 aromatic heterocycles. The van der Waals surface area contributed by atoms with Crippen LogP contribution in [-0.4, -0.2) is 46.7 Å². The fraction of sp³-hybridized carbons (Fsp3) is 0.273. The van der Waals surface area contributed by atoms with Gasteiger partial charge >= 0.3 is 0 Å². The average Bonchev–Trinajstić information content (AvgIpc) is 3.31. The van der Waals surface area contributed by atoms with Crippen molar-refractivity contribution in [2.45, 2.75) is 29.8 Å². The van der Waals surface area contributed by atoms with Crippen molar-refractivity contribution < 1.29 is 13.2 Å². The second-order valence-electron chi connectivity index (χ2n) is 7.45. The van der Waals surface area contributed by atoms with E-state index in [2.05, 4.69) is 10.3 Å². The van der Waals surface area contributed by atoms with Gasteiger partial charge in [0.05, 0.1) is 39.4 Å². The molecule has 0 saturated carbocycles. The molecule has 4 rings (SSSR count). The quantitative estimate of drug-likeness (QED) is 0.545. The fourth-order valence-electron chi connectivity index (χ4n) is 3.54. The molecular formula is C22H22ClN3O3S2. The van der Waals surface area contributed by atoms with Gasteiger partial charge in [0.1, 0.15) is 0 Å². The number of halogens is 1. The number of thioether (sulfide) groups is 1. The summed E-state index contributed by atoms with van der Waals surface area (Å²) in [7, 11) is -3.05. The largest absolute Gasteiger partial charge is 0.351 e. The standard InChI is InChI=1S/C22H22ClN3O3S2/c1-15(21(27)25-17-11-12-31(28,29)14-17)30-22-24-13-20(16-7-3-2-4-8-16)26(22)19-10-6-5-9-18(19)23/h2-10,13,15,17H,11-12,14H2,1H3,(H,25,27). The first kappa shape index (κ1) is 21.9. The Balaban J connectivity index is 1.62. The van der Waals surface area contributed by atoms with E-state index in [9.17, 15) is 13.2 Å². The first-order chi connectivity index (χ1) is 14.8. The van der Waals surface area contributed by atoms with Gasteiger partial charge in [-0.05, 0) is 25.5 Å². The van der Waals surface area contributed by atoms with Crippen LogP contribution in [0.3, 0.4) is 0 Å². The second-order valence-corrected chi connectivity index (χ2v) is 11.4. The number of sulfone groups is 1. The molecule has 2 heterocycles. The van der Waals surface area contributed by atoms with Gasteiger partial charge in [-0.25, -0.2) is 13.4 Å². The molecule has 2 atom stereocenters. The summed E-state index contributed by atoms with van der Waals surface area (Å²) in [5.74, 6) is -0.0821. The minimum Gasteiger partial charge on any atom is -0.351 e. The van der Waals surface area contributed by atoms with Crippen LogP contribution in [0.4, 0.5) is 0 Å². The molecule has 1 fully saturated rings. The van der Waals surface area contributed by atoms with Crippen LogP contribution in [0.25, 0.3) is 16.9 Å². The molecule has 2 aromatic carbocycles. The predicted molar refractivity (Wildman–Crippen MR) is 125 cm³/mol. The van der Waals surface area contributed by atoms with Crippen molar-refractivity contribution in [2.24, 2.45) is 0 Å². The van der Waals surface area contributed by atoms with E-state index in [1.807, 2.05) is 59.2 Å². The molecule has 9 heteroatoms. The fourth-order valence-corrected chi connectivity index (χ4v) is 6.34. The Morgan fingerprint density at radius 1 is 1.19 bits per heavy atom. The summed E-state index contributed by atoms with van der Waals surface area (Å²) >= 11 is 7.80. The van der Waals surface area contributed by atoms with Crippen LogP contribution in [-0.2, 0) is 14.6 Å². The number of hydrogen-bond acceptors (Lipinski definition) is 5. The third-order valence-electron chi connectivity index (χ3n) is 5.12. The van der Waals surface area contributed by atoms with Crippen molar-refractivity contribution in [3.63, 3.8) is 0 Å². The first-order valence-electron chi connectivity index (χ1n) is 9.89. The molecule has 0 bridgehead atoms. The van der Waals surface area contributed by atoms with Crippen LogP contribution in [0.2, 0.25) is 5.02 Å². The summed E-state index contributed by atoms with van der Waals surface area (Å²) in [6, 6.07) is 17.0. The molecule has 1 saturated heterocycles. The second kappa shape index (κ2) is 9.06. The average molecular weight is 476 g/mol. The molecule has 6 nitrogen and oxygen atoms in total. The highest BCUT2D eigenvalue weighted by molar-refractivity contribution is 8.00. The number of amides is 1. The van der Waals surface area contributed by atoms with Crippen LogP contribution in [0, 0.1) is 0 Å². The Morgan fingerprint density at radius 2 is 1.90 bits per heavy atom. The summed E-state index contributed by atoms with van der Waals surface area (Å²) in [5, 5.41) is 3.61. The third-order valence-corrected chi connectivity index (χ3v) is 8.28. The van der Waals surface area contributed by atoms with E-state index in [4.69, 9.17) is 11.6 Å². The molecule has 162 valence electrons. The van der Waals surface area contributed by atoms with Gasteiger partial charge in [0, 0.05) is 11.6 Å². The lowest BCUT2D eigenvalue weighted by atomic mass is 10.1. The zero-order chi connectivity index (χ0) is 22.0. The van der Waals surface area contributed by atoms with Crippen LogP contribution >= 0.6 is 23.4 Å². The van der Waals surface area contributed by atoms with E-state index >= 15 is 0 Å². The van der Waals surface area contributed by atoms with Gasteiger partial charge in [-0.3, -0.25) is 9.36 Å². The lowest BCUT2D eigenvalue weighted by Gasteiger charge is -2.17. The maximum atomic E-state index is 12.7. The number of nitrogens with one attached hydrogen (secondary N) is 1. The van der Waals surface area contributed by atoms with Gasteiger partial charge in [-0.2, -0.15) is 0 Å². The van der Waals surface area contributed by atoms with Gasteiger partial charge in [0.2, 0.25) is 5.91 Å². The number of carbonyl (C=O) groups excluding carboxylic acids is 1. The highest BCUT2D eigenvalue weighted by Gasteiger charge is 2.30. The zero-order valence-corrected chi connectivity index (χ0v) is 19.3. The van der Waals surface area contributed by atoms with E-state index in [1.165, 1.54) is 11.8 Å². The first-order valence-corrected chi connectivity index (χ1v) is 13.0. The van der Waals surface area contributed by atoms with Crippen LogP contribution in [0.5, 0.6) is 0 Å². The van der Waals surface area contributed by atoms with Gasteiger partial charge in [-0.1, -0.05) is 65.8 Å². The molecular weight excluding hydrogens is 454 g/mol. The number of para-hydroxylation sites is 1. The maximum Gasteiger partial charge on any atom is 0.233 e. The Morgan fingerprint density at radius 3 is 2.58 bits per heavy atom. The molecule has 1 amide bonds. The topological polar surface area (TPSA) is 81.1 Å². The Labute approximate surface area is 190 Å². The molecule has 3 aromatic rings. The highest BCUT2D eigenvalue weighted by Crippen LogP contribution is 2.34. The van der Waals surface area contributed by atoms with E-state index in [-0.39, 0.29) is 23.5 Å². The maximum absolute atomic E-state index is 12.7. The van der Waals surface area contributed by atoms with Crippen molar-refractivity contribution in [3.8, 4) is 16.9 Å². The van der Waals surface area contributed by atoms with Crippen molar-refractivity contribution in [1.82, 2.24) is 14.9 Å². The number of hydrogen-bond donors (Lipinski definition) is 1. The number of rotatable bonds is 6. The van der Waals surface area contributed by atoms with Gasteiger partial charge in [-0.15, -0.1) is 0 Å². The lowest BCUT2D eigenvalue weighted by molar-refractivity contribution is -0.120. The van der Waals surface area contributed by atoms with Gasteiger partial charge < -0.3 is 5.32 Å². The minimum absolute atomic E-state index is 0.00251.